The Bertz CT molecular complexity index is 802. The molecule has 0 radical (unpaired) electrons. The van der Waals surface area contributed by atoms with Gasteiger partial charge in [-0.1, -0.05) is 18.2 Å². The number of methoxy groups -OCH3 is 3. The van der Waals surface area contributed by atoms with E-state index >= 15 is 0 Å². The number of benzene rings is 2. The highest BCUT2D eigenvalue weighted by atomic mass is 32.1. The van der Waals surface area contributed by atoms with Crippen molar-refractivity contribution in [2.75, 3.05) is 26.6 Å². The number of rotatable bonds is 6. The van der Waals surface area contributed by atoms with E-state index in [1.165, 1.54) is 0 Å². The average molecular weight is 373 g/mol. The van der Waals surface area contributed by atoms with E-state index in [2.05, 4.69) is 15.8 Å². The molecule has 6 nitrogen and oxygen atoms in total. The third kappa shape index (κ3) is 4.43. The molecule has 0 aliphatic carbocycles. The number of hydrazone groups is 1. The number of para-hydroxylation sites is 1. The van der Waals surface area contributed by atoms with Crippen LogP contribution in [0.3, 0.4) is 0 Å². The average Bonchev–Trinajstić information content (AvgIpc) is 2.64. The minimum absolute atomic E-state index is 0.401. The highest BCUT2D eigenvalue weighted by Crippen LogP contribution is 2.38. The SMILES string of the molecule is COc1ccc(/C=N\NC(=S)Nc2c(C)cccc2C)c(OC)c1OC. The largest absolute Gasteiger partial charge is 0.493 e. The van der Waals surface area contributed by atoms with Crippen LogP contribution in [0.2, 0.25) is 0 Å². The van der Waals surface area contributed by atoms with E-state index in [0.717, 1.165) is 22.4 Å². The fourth-order valence-electron chi connectivity index (χ4n) is 2.54. The molecule has 0 bridgehead atoms. The van der Waals surface area contributed by atoms with Crippen molar-refractivity contribution in [2.24, 2.45) is 5.10 Å². The molecule has 0 saturated carbocycles. The highest BCUT2D eigenvalue weighted by molar-refractivity contribution is 7.80. The van der Waals surface area contributed by atoms with Crippen molar-refractivity contribution >= 4 is 29.2 Å². The summed E-state index contributed by atoms with van der Waals surface area (Å²) in [6.45, 7) is 4.05. The van der Waals surface area contributed by atoms with Crippen LogP contribution in [-0.2, 0) is 0 Å². The summed E-state index contributed by atoms with van der Waals surface area (Å²) < 4.78 is 16.1. The molecule has 0 fully saturated rings. The quantitative estimate of drug-likeness (QED) is 0.458. The fourth-order valence-corrected chi connectivity index (χ4v) is 2.69. The second-order valence-corrected chi connectivity index (χ2v) is 5.92. The summed E-state index contributed by atoms with van der Waals surface area (Å²) in [6, 6.07) is 9.67. The molecule has 0 aliphatic heterocycles. The Kier molecular flexibility index (Phi) is 6.80. The minimum Gasteiger partial charge on any atom is -0.493 e. The Morgan fingerprint density at radius 3 is 2.19 bits per heavy atom. The maximum atomic E-state index is 5.42. The third-order valence-corrected chi connectivity index (χ3v) is 4.02. The maximum Gasteiger partial charge on any atom is 0.203 e. The van der Waals surface area contributed by atoms with Crippen LogP contribution < -0.4 is 25.0 Å². The Morgan fingerprint density at radius 2 is 1.62 bits per heavy atom. The summed E-state index contributed by atoms with van der Waals surface area (Å²) >= 11 is 5.31. The van der Waals surface area contributed by atoms with Crippen molar-refractivity contribution < 1.29 is 14.2 Å². The van der Waals surface area contributed by atoms with E-state index in [4.69, 9.17) is 26.4 Å². The number of thiocarbonyl (C=S) groups is 1. The molecule has 0 heterocycles. The van der Waals surface area contributed by atoms with Crippen LogP contribution in [-0.4, -0.2) is 32.7 Å². The zero-order valence-corrected chi connectivity index (χ0v) is 16.4. The van der Waals surface area contributed by atoms with Crippen molar-refractivity contribution in [3.05, 3.63) is 47.0 Å². The van der Waals surface area contributed by atoms with Crippen molar-refractivity contribution in [1.82, 2.24) is 5.43 Å². The van der Waals surface area contributed by atoms with Gasteiger partial charge in [0.05, 0.1) is 27.5 Å². The van der Waals surface area contributed by atoms with Crippen LogP contribution in [0.4, 0.5) is 5.69 Å². The summed E-state index contributed by atoms with van der Waals surface area (Å²) in [5.74, 6) is 1.63. The first-order valence-electron chi connectivity index (χ1n) is 7.97. The van der Waals surface area contributed by atoms with Gasteiger partial charge in [-0.3, -0.25) is 5.43 Å². The van der Waals surface area contributed by atoms with Crippen LogP contribution in [0.5, 0.6) is 17.2 Å². The van der Waals surface area contributed by atoms with Gasteiger partial charge in [0.15, 0.2) is 16.6 Å². The fraction of sp³-hybridized carbons (Fsp3) is 0.263. The number of aryl methyl sites for hydroxylation is 2. The van der Waals surface area contributed by atoms with Gasteiger partial charge >= 0.3 is 0 Å². The molecule has 0 saturated heterocycles. The van der Waals surface area contributed by atoms with Crippen LogP contribution in [0, 0.1) is 13.8 Å². The molecule has 2 aromatic rings. The first kappa shape index (κ1) is 19.5. The molecule has 2 rings (SSSR count). The predicted octanol–water partition coefficient (Wildman–Crippen LogP) is 3.65. The van der Waals surface area contributed by atoms with Crippen LogP contribution in [0.15, 0.2) is 35.4 Å². The first-order valence-corrected chi connectivity index (χ1v) is 8.37. The predicted molar refractivity (Wildman–Crippen MR) is 109 cm³/mol. The second-order valence-electron chi connectivity index (χ2n) is 5.51. The van der Waals surface area contributed by atoms with Crippen LogP contribution in [0.25, 0.3) is 0 Å². The van der Waals surface area contributed by atoms with E-state index < -0.39 is 0 Å². The summed E-state index contributed by atoms with van der Waals surface area (Å²) in [4.78, 5) is 0. The lowest BCUT2D eigenvalue weighted by Crippen LogP contribution is -2.24. The van der Waals surface area contributed by atoms with E-state index in [-0.39, 0.29) is 0 Å². The molecule has 2 N–H and O–H groups in total. The molecule has 0 spiro atoms. The van der Waals surface area contributed by atoms with Crippen LogP contribution in [0.1, 0.15) is 16.7 Å². The summed E-state index contributed by atoms with van der Waals surface area (Å²) in [5.41, 5.74) is 6.74. The van der Waals surface area contributed by atoms with Gasteiger partial charge in [0.25, 0.3) is 0 Å². The molecule has 0 unspecified atom stereocenters. The lowest BCUT2D eigenvalue weighted by Gasteiger charge is -2.14. The molecule has 0 aromatic heterocycles. The monoisotopic (exact) mass is 373 g/mol. The van der Waals surface area contributed by atoms with Gasteiger partial charge in [0, 0.05) is 11.3 Å². The van der Waals surface area contributed by atoms with Crippen LogP contribution >= 0.6 is 12.2 Å². The summed E-state index contributed by atoms with van der Waals surface area (Å²) in [7, 11) is 4.70. The second kappa shape index (κ2) is 9.05. The standard InChI is InChI=1S/C19H23N3O3S/c1-12-7-6-8-13(2)16(12)21-19(26)22-20-11-14-9-10-15(23-3)18(25-5)17(14)24-4/h6-11H,1-5H3,(H2,21,22,26)/b20-11-. The lowest BCUT2D eigenvalue weighted by atomic mass is 10.1. The lowest BCUT2D eigenvalue weighted by molar-refractivity contribution is 0.324. The molecular formula is C19H23N3O3S. The van der Waals surface area contributed by atoms with Gasteiger partial charge < -0.3 is 19.5 Å². The molecule has 138 valence electrons. The minimum atomic E-state index is 0.401. The molecule has 0 aliphatic rings. The normalized spacial score (nSPS) is 10.5. The number of ether oxygens (including phenoxy) is 3. The Morgan fingerprint density at radius 1 is 0.962 bits per heavy atom. The van der Waals surface area contributed by atoms with Gasteiger partial charge in [-0.15, -0.1) is 0 Å². The molecule has 7 heteroatoms. The molecular weight excluding hydrogens is 350 g/mol. The third-order valence-electron chi connectivity index (χ3n) is 3.82. The number of hydrogen-bond acceptors (Lipinski definition) is 5. The van der Waals surface area contributed by atoms with E-state index in [1.54, 1.807) is 33.6 Å². The summed E-state index contributed by atoms with van der Waals surface area (Å²) in [5, 5.41) is 7.75. The number of hydrogen-bond donors (Lipinski definition) is 2. The Balaban J connectivity index is 2.12. The maximum absolute atomic E-state index is 5.42. The van der Waals surface area contributed by atoms with Gasteiger partial charge in [-0.25, -0.2) is 0 Å². The number of nitrogens with zero attached hydrogens (tertiary/aromatic N) is 1. The van der Waals surface area contributed by atoms with Gasteiger partial charge in [0.2, 0.25) is 5.75 Å². The van der Waals surface area contributed by atoms with E-state index in [0.29, 0.717) is 22.4 Å². The molecule has 2 aromatic carbocycles. The van der Waals surface area contributed by atoms with E-state index in [9.17, 15) is 0 Å². The Labute approximate surface area is 159 Å². The molecule has 0 amide bonds. The topological polar surface area (TPSA) is 64.1 Å². The van der Waals surface area contributed by atoms with Crippen molar-refractivity contribution in [3.63, 3.8) is 0 Å². The van der Waals surface area contributed by atoms with Gasteiger partial charge in [0.1, 0.15) is 0 Å². The zero-order valence-electron chi connectivity index (χ0n) is 15.5. The van der Waals surface area contributed by atoms with Crippen molar-refractivity contribution in [2.45, 2.75) is 13.8 Å². The van der Waals surface area contributed by atoms with E-state index in [1.807, 2.05) is 38.1 Å². The van der Waals surface area contributed by atoms with Crippen molar-refractivity contribution in [3.8, 4) is 17.2 Å². The zero-order chi connectivity index (χ0) is 19.1. The highest BCUT2D eigenvalue weighted by Gasteiger charge is 2.14. The number of anilines is 1. The van der Waals surface area contributed by atoms with Crippen molar-refractivity contribution in [1.29, 1.82) is 0 Å². The van der Waals surface area contributed by atoms with Gasteiger partial charge in [-0.05, 0) is 49.3 Å². The molecule has 26 heavy (non-hydrogen) atoms. The molecule has 0 atom stereocenters. The number of nitrogens with one attached hydrogen (secondary N) is 2. The first-order chi connectivity index (χ1) is 12.5. The smallest absolute Gasteiger partial charge is 0.203 e. The van der Waals surface area contributed by atoms with Gasteiger partial charge in [-0.2, -0.15) is 5.10 Å². The Hall–Kier alpha value is -2.80. The summed E-state index contributed by atoms with van der Waals surface area (Å²) in [6.07, 6.45) is 1.61.